The van der Waals surface area contributed by atoms with E-state index in [9.17, 15) is 4.79 Å². The highest BCUT2D eigenvalue weighted by molar-refractivity contribution is 6.11. The van der Waals surface area contributed by atoms with E-state index < -0.39 is 0 Å². The third-order valence-corrected chi connectivity index (χ3v) is 2.05. The number of amides is 1. The minimum absolute atomic E-state index is 0.0255. The summed E-state index contributed by atoms with van der Waals surface area (Å²) in [5.74, 6) is -0.404. The third kappa shape index (κ3) is 2.22. The van der Waals surface area contributed by atoms with Gasteiger partial charge >= 0.3 is 0 Å². The minimum atomic E-state index is -0.379. The van der Waals surface area contributed by atoms with Crippen molar-refractivity contribution in [3.63, 3.8) is 0 Å². The van der Waals surface area contributed by atoms with Crippen LogP contribution in [0, 0.1) is 5.92 Å². The van der Waals surface area contributed by atoms with Crippen LogP contribution in [0.1, 0.15) is 12.8 Å². The molecule has 1 saturated heterocycles. The number of aliphatic hydroxyl groups excluding tert-OH is 1. The Morgan fingerprint density at radius 2 is 2.42 bits per heavy atom. The van der Waals surface area contributed by atoms with E-state index in [0.717, 1.165) is 0 Å². The molecule has 0 aromatic rings. The van der Waals surface area contributed by atoms with E-state index in [0.29, 0.717) is 6.42 Å². The van der Waals surface area contributed by atoms with Gasteiger partial charge in [-0.05, 0) is 12.3 Å². The van der Waals surface area contributed by atoms with Crippen LogP contribution in [-0.2, 0) is 9.53 Å². The van der Waals surface area contributed by atoms with E-state index in [-0.39, 0.29) is 37.0 Å². The predicted octanol–water partition coefficient (Wildman–Crippen LogP) is -1.25. The Balaban J connectivity index is 2.46. The van der Waals surface area contributed by atoms with Crippen LogP contribution in [0.2, 0.25) is 0 Å². The predicted molar refractivity (Wildman–Crippen MR) is 43.4 cm³/mol. The van der Waals surface area contributed by atoms with Gasteiger partial charge in [0.1, 0.15) is 7.85 Å². The Morgan fingerprint density at radius 1 is 1.75 bits per heavy atom. The smallest absolute Gasteiger partial charge is 0.217 e. The summed E-state index contributed by atoms with van der Waals surface area (Å²) < 4.78 is 5.14. The van der Waals surface area contributed by atoms with Gasteiger partial charge in [0, 0.05) is 12.4 Å². The highest BCUT2D eigenvalue weighted by Crippen LogP contribution is 2.27. The number of rotatable bonds is 3. The molecular weight excluding hydrogens is 157 g/mol. The maximum Gasteiger partial charge on any atom is 0.217 e. The van der Waals surface area contributed by atoms with Gasteiger partial charge in [-0.3, -0.25) is 4.79 Å². The Hall–Kier alpha value is -0.545. The Bertz CT molecular complexity index is 176. The number of nitrogens with two attached hydrogens (primary N) is 1. The summed E-state index contributed by atoms with van der Waals surface area (Å²) >= 11 is 0. The van der Waals surface area contributed by atoms with Crippen molar-refractivity contribution in [2.75, 3.05) is 6.61 Å². The van der Waals surface area contributed by atoms with Crippen LogP contribution in [0.15, 0.2) is 0 Å². The van der Waals surface area contributed by atoms with E-state index in [4.69, 9.17) is 23.4 Å². The first kappa shape index (κ1) is 9.54. The van der Waals surface area contributed by atoms with E-state index in [1.807, 2.05) is 0 Å². The van der Waals surface area contributed by atoms with Gasteiger partial charge in [-0.15, -0.1) is 0 Å². The molecule has 1 fully saturated rings. The summed E-state index contributed by atoms with van der Waals surface area (Å²) in [5, 5.41) is 8.83. The summed E-state index contributed by atoms with van der Waals surface area (Å²) in [6.45, 7) is -0.106. The SMILES string of the molecule is [B][C@H]1C[C@@H](CC(N)=O)[C@@H](CO)O1. The normalized spacial score (nSPS) is 35.2. The van der Waals surface area contributed by atoms with Gasteiger partial charge in [0.05, 0.1) is 12.7 Å². The molecule has 5 heteroatoms. The number of aliphatic hydroxyl groups is 1. The van der Waals surface area contributed by atoms with Crippen molar-refractivity contribution in [3.8, 4) is 0 Å². The van der Waals surface area contributed by atoms with Crippen LogP contribution in [0.5, 0.6) is 0 Å². The van der Waals surface area contributed by atoms with Gasteiger partial charge in [0.2, 0.25) is 5.91 Å². The Labute approximate surface area is 72.5 Å². The second-order valence-corrected chi connectivity index (χ2v) is 3.06. The fraction of sp³-hybridized carbons (Fsp3) is 0.857. The third-order valence-electron chi connectivity index (χ3n) is 2.05. The van der Waals surface area contributed by atoms with Gasteiger partial charge < -0.3 is 15.6 Å². The van der Waals surface area contributed by atoms with Crippen molar-refractivity contribution in [1.29, 1.82) is 0 Å². The lowest BCUT2D eigenvalue weighted by atomic mass is 9.89. The van der Waals surface area contributed by atoms with Crippen molar-refractivity contribution in [3.05, 3.63) is 0 Å². The Kier molecular flexibility index (Phi) is 3.11. The molecule has 1 heterocycles. The highest BCUT2D eigenvalue weighted by atomic mass is 16.5. The van der Waals surface area contributed by atoms with Crippen molar-refractivity contribution in [2.45, 2.75) is 24.9 Å². The molecule has 1 rings (SSSR count). The monoisotopic (exact) mass is 169 g/mol. The first-order valence-corrected chi connectivity index (χ1v) is 3.93. The van der Waals surface area contributed by atoms with E-state index >= 15 is 0 Å². The zero-order valence-corrected chi connectivity index (χ0v) is 6.77. The quantitative estimate of drug-likeness (QED) is 0.518. The van der Waals surface area contributed by atoms with Crippen molar-refractivity contribution in [2.24, 2.45) is 11.7 Å². The molecular formula is C7H12BNO3. The standard InChI is InChI=1S/C7H12BNO3/c8-6-1-4(2-7(9)11)5(3-10)12-6/h4-6,10H,1-3H2,(H2,9,11)/t4-,5+,6+/m0/s1. The van der Waals surface area contributed by atoms with Crippen LogP contribution in [0.4, 0.5) is 0 Å². The molecule has 0 saturated carbocycles. The van der Waals surface area contributed by atoms with Crippen molar-refractivity contribution in [1.82, 2.24) is 0 Å². The summed E-state index contributed by atoms with van der Waals surface area (Å²) in [7, 11) is 5.48. The number of ether oxygens (including phenoxy) is 1. The van der Waals surface area contributed by atoms with E-state index in [1.54, 1.807) is 0 Å². The maximum atomic E-state index is 10.6. The average Bonchev–Trinajstić information content (AvgIpc) is 2.29. The molecule has 0 spiro atoms. The maximum absolute atomic E-state index is 10.6. The number of carbonyl (C=O) groups is 1. The molecule has 0 bridgehead atoms. The molecule has 3 atom stereocenters. The lowest BCUT2D eigenvalue weighted by molar-refractivity contribution is -0.119. The van der Waals surface area contributed by atoms with Crippen LogP contribution >= 0.6 is 0 Å². The topological polar surface area (TPSA) is 72.6 Å². The fourth-order valence-electron chi connectivity index (χ4n) is 1.51. The van der Waals surface area contributed by atoms with E-state index in [2.05, 4.69) is 0 Å². The van der Waals surface area contributed by atoms with Crippen LogP contribution in [0.3, 0.4) is 0 Å². The van der Waals surface area contributed by atoms with Gasteiger partial charge in [-0.25, -0.2) is 0 Å². The van der Waals surface area contributed by atoms with Gasteiger partial charge in [-0.2, -0.15) is 0 Å². The summed E-state index contributed by atoms with van der Waals surface area (Å²) in [6, 6.07) is -0.369. The second kappa shape index (κ2) is 3.91. The molecule has 66 valence electrons. The lowest BCUT2D eigenvalue weighted by Crippen LogP contribution is -2.25. The Morgan fingerprint density at radius 3 is 2.92 bits per heavy atom. The molecule has 4 nitrogen and oxygen atoms in total. The first-order valence-electron chi connectivity index (χ1n) is 3.93. The van der Waals surface area contributed by atoms with Crippen LogP contribution in [-0.4, -0.2) is 37.6 Å². The summed E-state index contributed by atoms with van der Waals surface area (Å²) in [4.78, 5) is 10.6. The molecule has 0 aromatic carbocycles. The molecule has 1 aliphatic heterocycles. The number of hydrogen-bond acceptors (Lipinski definition) is 3. The number of carbonyl (C=O) groups excluding carboxylic acids is 1. The molecule has 1 aliphatic rings. The summed E-state index contributed by atoms with van der Waals surface area (Å²) in [6.07, 6.45) is 0.500. The van der Waals surface area contributed by atoms with Crippen LogP contribution in [0.25, 0.3) is 0 Å². The minimum Gasteiger partial charge on any atom is -0.394 e. The van der Waals surface area contributed by atoms with E-state index in [1.165, 1.54) is 0 Å². The molecule has 0 aromatic heterocycles. The molecule has 2 radical (unpaired) electrons. The van der Waals surface area contributed by atoms with Crippen molar-refractivity contribution < 1.29 is 14.6 Å². The molecule has 3 N–H and O–H groups in total. The van der Waals surface area contributed by atoms with Crippen molar-refractivity contribution >= 4 is 13.8 Å². The fourth-order valence-corrected chi connectivity index (χ4v) is 1.51. The zero-order chi connectivity index (χ0) is 9.14. The lowest BCUT2D eigenvalue weighted by Gasteiger charge is -2.13. The zero-order valence-electron chi connectivity index (χ0n) is 6.77. The van der Waals surface area contributed by atoms with Gasteiger partial charge in [0.15, 0.2) is 0 Å². The first-order chi connectivity index (χ1) is 5.63. The average molecular weight is 169 g/mol. The molecule has 12 heavy (non-hydrogen) atoms. The number of hydrogen-bond donors (Lipinski definition) is 2. The van der Waals surface area contributed by atoms with Crippen LogP contribution < -0.4 is 5.73 Å². The highest BCUT2D eigenvalue weighted by Gasteiger charge is 2.32. The number of primary amides is 1. The van der Waals surface area contributed by atoms with Gasteiger partial charge in [0.25, 0.3) is 0 Å². The molecule has 1 amide bonds. The molecule has 0 aliphatic carbocycles. The largest absolute Gasteiger partial charge is 0.394 e. The second-order valence-electron chi connectivity index (χ2n) is 3.06. The molecule has 0 unspecified atom stereocenters. The summed E-state index contributed by atoms with van der Waals surface area (Å²) in [5.41, 5.74) is 5.02. The van der Waals surface area contributed by atoms with Gasteiger partial charge in [-0.1, -0.05) is 0 Å².